The Kier molecular flexibility index (Phi) is 3.72. The van der Waals surface area contributed by atoms with Gasteiger partial charge in [0.2, 0.25) is 5.90 Å². The second-order valence-corrected chi connectivity index (χ2v) is 6.80. The number of H-pyrrole nitrogens is 1. The predicted octanol–water partition coefficient (Wildman–Crippen LogP) is 3.01. The second-order valence-electron chi connectivity index (χ2n) is 5.77. The number of rotatable bonds is 4. The Hall–Kier alpha value is -2.41. The summed E-state index contributed by atoms with van der Waals surface area (Å²) in [6.07, 6.45) is 2.50. The molecule has 0 radical (unpaired) electrons. The van der Waals surface area contributed by atoms with Gasteiger partial charge in [0.05, 0.1) is 29.7 Å². The lowest BCUT2D eigenvalue weighted by molar-refractivity contribution is 0.349. The fourth-order valence-electron chi connectivity index (χ4n) is 2.94. The number of aliphatic imine (C=N–C) groups is 1. The van der Waals surface area contributed by atoms with E-state index in [0.717, 1.165) is 56.1 Å². The summed E-state index contributed by atoms with van der Waals surface area (Å²) in [4.78, 5) is 19.0. The van der Waals surface area contributed by atoms with Gasteiger partial charge in [0.1, 0.15) is 23.0 Å². The molecule has 24 heavy (non-hydrogen) atoms. The molecular formula is C17H18N4O2S. The van der Waals surface area contributed by atoms with E-state index in [9.17, 15) is 0 Å². The van der Waals surface area contributed by atoms with Gasteiger partial charge < -0.3 is 14.5 Å². The molecule has 4 heterocycles. The third-order valence-corrected chi connectivity index (χ3v) is 5.13. The Morgan fingerprint density at radius 3 is 2.96 bits per heavy atom. The molecule has 1 aliphatic heterocycles. The van der Waals surface area contributed by atoms with Crippen LogP contribution in [0.1, 0.15) is 27.5 Å². The van der Waals surface area contributed by atoms with Crippen LogP contribution < -0.4 is 4.74 Å². The molecule has 0 spiro atoms. The van der Waals surface area contributed by atoms with Gasteiger partial charge in [0.15, 0.2) is 0 Å². The van der Waals surface area contributed by atoms with Gasteiger partial charge in [-0.25, -0.2) is 9.98 Å². The third kappa shape index (κ3) is 2.54. The van der Waals surface area contributed by atoms with Crippen molar-refractivity contribution in [2.75, 3.05) is 20.3 Å². The van der Waals surface area contributed by atoms with Crippen LogP contribution in [0.4, 0.5) is 0 Å². The van der Waals surface area contributed by atoms with Gasteiger partial charge in [-0.05, 0) is 19.9 Å². The maximum absolute atomic E-state index is 5.51. The first-order valence-corrected chi connectivity index (χ1v) is 8.62. The van der Waals surface area contributed by atoms with Crippen molar-refractivity contribution in [3.05, 3.63) is 39.8 Å². The zero-order valence-corrected chi connectivity index (χ0v) is 14.7. The number of aryl methyl sites for hydroxylation is 1. The molecule has 0 aliphatic carbocycles. The standard InChI is InChI=1S/C17H18N4O2S/c1-9-8-19-11(10(2)15(9)22-3)7-14-20-12-6-13(24-17(12)21-14)16-18-4-5-23-16/h6,8H,4-5,7H2,1-3H3,(H,20,21). The van der Waals surface area contributed by atoms with E-state index in [0.29, 0.717) is 13.0 Å². The molecule has 6 nitrogen and oxygen atoms in total. The van der Waals surface area contributed by atoms with E-state index in [1.54, 1.807) is 18.4 Å². The lowest BCUT2D eigenvalue weighted by Crippen LogP contribution is -2.02. The lowest BCUT2D eigenvalue weighted by atomic mass is 10.1. The fraction of sp³-hybridized carbons (Fsp3) is 0.353. The zero-order valence-electron chi connectivity index (χ0n) is 13.8. The lowest BCUT2D eigenvalue weighted by Gasteiger charge is -2.11. The summed E-state index contributed by atoms with van der Waals surface area (Å²) in [6.45, 7) is 5.44. The van der Waals surface area contributed by atoms with Crippen LogP contribution in [0.2, 0.25) is 0 Å². The van der Waals surface area contributed by atoms with Crippen LogP contribution in [0.25, 0.3) is 10.3 Å². The number of aromatic amines is 1. The van der Waals surface area contributed by atoms with E-state index in [1.807, 2.05) is 20.0 Å². The van der Waals surface area contributed by atoms with Gasteiger partial charge in [-0.2, -0.15) is 0 Å². The second kappa shape index (κ2) is 5.90. The molecule has 3 aromatic rings. The van der Waals surface area contributed by atoms with Crippen molar-refractivity contribution in [3.63, 3.8) is 0 Å². The van der Waals surface area contributed by atoms with Crippen molar-refractivity contribution in [2.24, 2.45) is 4.99 Å². The van der Waals surface area contributed by atoms with Crippen molar-refractivity contribution in [3.8, 4) is 5.75 Å². The summed E-state index contributed by atoms with van der Waals surface area (Å²) in [5.74, 6) is 2.53. The summed E-state index contributed by atoms with van der Waals surface area (Å²) < 4.78 is 11.0. The largest absolute Gasteiger partial charge is 0.496 e. The van der Waals surface area contributed by atoms with Crippen molar-refractivity contribution in [1.82, 2.24) is 15.0 Å². The first-order chi connectivity index (χ1) is 11.7. The number of methoxy groups -OCH3 is 1. The van der Waals surface area contributed by atoms with Gasteiger partial charge in [-0.15, -0.1) is 11.3 Å². The van der Waals surface area contributed by atoms with Crippen molar-refractivity contribution in [1.29, 1.82) is 0 Å². The summed E-state index contributed by atoms with van der Waals surface area (Å²) in [6, 6.07) is 2.05. The minimum absolute atomic E-state index is 0.649. The minimum Gasteiger partial charge on any atom is -0.496 e. The van der Waals surface area contributed by atoms with Crippen LogP contribution in [0.15, 0.2) is 17.3 Å². The van der Waals surface area contributed by atoms with E-state index >= 15 is 0 Å². The number of pyridine rings is 1. The number of ether oxygens (including phenoxy) is 2. The summed E-state index contributed by atoms with van der Waals surface area (Å²) in [5.41, 5.74) is 4.09. The van der Waals surface area contributed by atoms with Crippen molar-refractivity contribution < 1.29 is 9.47 Å². The highest BCUT2D eigenvalue weighted by molar-refractivity contribution is 7.20. The van der Waals surface area contributed by atoms with E-state index in [2.05, 4.69) is 21.0 Å². The topological polar surface area (TPSA) is 72.4 Å². The van der Waals surface area contributed by atoms with Crippen LogP contribution in [0, 0.1) is 13.8 Å². The third-order valence-electron chi connectivity index (χ3n) is 4.11. The molecule has 1 N–H and O–H groups in total. The molecule has 0 atom stereocenters. The monoisotopic (exact) mass is 342 g/mol. The first-order valence-electron chi connectivity index (χ1n) is 7.81. The Balaban J connectivity index is 1.62. The van der Waals surface area contributed by atoms with Gasteiger partial charge >= 0.3 is 0 Å². The highest BCUT2D eigenvalue weighted by atomic mass is 32.1. The Morgan fingerprint density at radius 1 is 1.38 bits per heavy atom. The van der Waals surface area contributed by atoms with Gasteiger partial charge in [-0.3, -0.25) is 4.98 Å². The van der Waals surface area contributed by atoms with Gasteiger partial charge in [-0.1, -0.05) is 0 Å². The molecule has 0 saturated carbocycles. The van der Waals surface area contributed by atoms with E-state index in [4.69, 9.17) is 14.5 Å². The van der Waals surface area contributed by atoms with E-state index in [1.165, 1.54) is 0 Å². The molecule has 124 valence electrons. The quantitative estimate of drug-likeness (QED) is 0.791. The average molecular weight is 342 g/mol. The van der Waals surface area contributed by atoms with E-state index in [-0.39, 0.29) is 0 Å². The first kappa shape index (κ1) is 15.1. The number of nitrogens with one attached hydrogen (secondary N) is 1. The Morgan fingerprint density at radius 2 is 2.25 bits per heavy atom. The van der Waals surface area contributed by atoms with Crippen molar-refractivity contribution in [2.45, 2.75) is 20.3 Å². The van der Waals surface area contributed by atoms with Crippen LogP contribution in [-0.2, 0) is 11.2 Å². The molecule has 0 saturated heterocycles. The molecule has 1 aliphatic rings. The predicted molar refractivity (Wildman–Crippen MR) is 94.4 cm³/mol. The Labute approximate surface area is 143 Å². The highest BCUT2D eigenvalue weighted by Gasteiger charge is 2.17. The molecule has 7 heteroatoms. The average Bonchev–Trinajstić information content (AvgIpc) is 3.25. The number of thiophene rings is 1. The normalized spacial score (nSPS) is 14.0. The summed E-state index contributed by atoms with van der Waals surface area (Å²) >= 11 is 1.60. The number of nitrogens with zero attached hydrogens (tertiary/aromatic N) is 3. The van der Waals surface area contributed by atoms with Gasteiger partial charge in [0.25, 0.3) is 0 Å². The molecule has 0 aromatic carbocycles. The summed E-state index contributed by atoms with van der Waals surface area (Å²) in [5, 5.41) is 0. The van der Waals surface area contributed by atoms with Crippen LogP contribution >= 0.6 is 11.3 Å². The van der Waals surface area contributed by atoms with Crippen molar-refractivity contribution >= 4 is 27.6 Å². The molecule has 0 amide bonds. The van der Waals surface area contributed by atoms with Crippen LogP contribution in [0.3, 0.4) is 0 Å². The zero-order chi connectivity index (χ0) is 16.7. The SMILES string of the molecule is COc1c(C)cnc(Cc2nc3sc(C4=NCCO4)cc3[nH]2)c1C. The molecule has 0 bridgehead atoms. The van der Waals surface area contributed by atoms with Crippen LogP contribution in [0.5, 0.6) is 5.75 Å². The Bertz CT molecular complexity index is 910. The maximum Gasteiger partial charge on any atom is 0.226 e. The fourth-order valence-corrected chi connectivity index (χ4v) is 3.91. The molecular weight excluding hydrogens is 324 g/mol. The van der Waals surface area contributed by atoms with Crippen LogP contribution in [-0.4, -0.2) is 41.1 Å². The van der Waals surface area contributed by atoms with Gasteiger partial charge in [0, 0.05) is 23.7 Å². The number of hydrogen-bond donors (Lipinski definition) is 1. The molecule has 0 unspecified atom stereocenters. The van der Waals surface area contributed by atoms with E-state index < -0.39 is 0 Å². The smallest absolute Gasteiger partial charge is 0.226 e. The highest BCUT2D eigenvalue weighted by Crippen LogP contribution is 2.28. The number of fused-ring (bicyclic) bond motifs is 1. The number of hydrogen-bond acceptors (Lipinski definition) is 6. The number of aromatic nitrogens is 3. The molecule has 0 fully saturated rings. The molecule has 4 rings (SSSR count). The molecule has 3 aromatic heterocycles. The maximum atomic E-state index is 5.51. The summed E-state index contributed by atoms with van der Waals surface area (Å²) in [7, 11) is 1.69. The number of imidazole rings is 1. The minimum atomic E-state index is 0.649.